The summed E-state index contributed by atoms with van der Waals surface area (Å²) in [6.45, 7) is 8.58. The van der Waals surface area contributed by atoms with Crippen LogP contribution in [0.4, 0.5) is 0 Å². The third-order valence-corrected chi connectivity index (χ3v) is 10.5. The lowest BCUT2D eigenvalue weighted by Gasteiger charge is -2.55. The van der Waals surface area contributed by atoms with Gasteiger partial charge in [0.1, 0.15) is 6.07 Å². The quantitative estimate of drug-likeness (QED) is 0.560. The average molecular weight is 408 g/mol. The molecule has 4 aliphatic carbocycles. The Labute approximate surface area is 183 Å². The fourth-order valence-electron chi connectivity index (χ4n) is 9.23. The summed E-state index contributed by atoms with van der Waals surface area (Å²) in [5, 5.41) is 13.6. The predicted molar refractivity (Wildman–Crippen MR) is 120 cm³/mol. The van der Waals surface area contributed by atoms with Crippen LogP contribution < -0.4 is 0 Å². The first-order valence-electron chi connectivity index (χ1n) is 12.9. The summed E-state index contributed by atoms with van der Waals surface area (Å²) in [6, 6.07) is 2.22. The van der Waals surface area contributed by atoms with E-state index >= 15 is 0 Å². The molecule has 3 unspecified atom stereocenters. The monoisotopic (exact) mass is 407 g/mol. The molecule has 0 aromatic carbocycles. The van der Waals surface area contributed by atoms with Crippen LogP contribution in [0.25, 0.3) is 0 Å². The number of hydrogen-bond donors (Lipinski definition) is 0. The molecule has 0 radical (unpaired) electrons. The highest BCUT2D eigenvalue weighted by molar-refractivity contribution is 5.21. The van der Waals surface area contributed by atoms with Gasteiger partial charge in [0.2, 0.25) is 0 Å². The normalized spacial score (nSPS) is 44.3. The standard InChI is InChI=1S/C27H41N3/c1-18-5-4-6-22-21(13-18)7-8-24-23(22)11-12-27(3)25(9-10-26(24)27)19(2)16-30-17-20(14-28)15-29-30/h15,17-19,21-26H,4-13,16H2,1-3H3/t18-,19-,21?,22-,23?,24+,25+,26?,27+/m0/s1. The largest absolute Gasteiger partial charge is 0.271 e. The van der Waals surface area contributed by atoms with E-state index in [1.165, 1.54) is 64.2 Å². The Hall–Kier alpha value is -1.30. The molecule has 30 heavy (non-hydrogen) atoms. The first-order chi connectivity index (χ1) is 14.5. The molecule has 1 aromatic rings. The molecule has 0 amide bonds. The molecule has 4 fully saturated rings. The van der Waals surface area contributed by atoms with E-state index < -0.39 is 0 Å². The smallest absolute Gasteiger partial charge is 0.102 e. The Morgan fingerprint density at radius 1 is 1.13 bits per heavy atom. The first kappa shape index (κ1) is 20.6. The van der Waals surface area contributed by atoms with Gasteiger partial charge in [-0.2, -0.15) is 10.4 Å². The van der Waals surface area contributed by atoms with Crippen molar-refractivity contribution in [2.24, 2.45) is 52.8 Å². The van der Waals surface area contributed by atoms with Crippen LogP contribution in [0.15, 0.2) is 12.4 Å². The maximum atomic E-state index is 9.11. The molecule has 0 saturated heterocycles. The van der Waals surface area contributed by atoms with E-state index in [9.17, 15) is 0 Å². The maximum Gasteiger partial charge on any atom is 0.102 e. The predicted octanol–water partition coefficient (Wildman–Crippen LogP) is 6.69. The van der Waals surface area contributed by atoms with Crippen LogP contribution in [0.5, 0.6) is 0 Å². The molecular weight excluding hydrogens is 366 g/mol. The minimum absolute atomic E-state index is 0.524. The van der Waals surface area contributed by atoms with E-state index in [1.54, 1.807) is 6.20 Å². The van der Waals surface area contributed by atoms with Crippen molar-refractivity contribution in [2.75, 3.05) is 0 Å². The van der Waals surface area contributed by atoms with Gasteiger partial charge in [-0.1, -0.05) is 33.6 Å². The molecule has 1 aromatic heterocycles. The summed E-state index contributed by atoms with van der Waals surface area (Å²) in [5.41, 5.74) is 1.21. The molecule has 3 heteroatoms. The number of nitrogens with zero attached hydrogens (tertiary/aromatic N) is 3. The van der Waals surface area contributed by atoms with Gasteiger partial charge in [-0.05, 0) is 104 Å². The molecule has 3 nitrogen and oxygen atoms in total. The first-order valence-corrected chi connectivity index (χ1v) is 12.9. The summed E-state index contributed by atoms with van der Waals surface area (Å²) in [6.07, 6.45) is 18.5. The van der Waals surface area contributed by atoms with Gasteiger partial charge < -0.3 is 0 Å². The van der Waals surface area contributed by atoms with Crippen molar-refractivity contribution in [3.05, 3.63) is 18.0 Å². The zero-order chi connectivity index (χ0) is 20.9. The minimum atomic E-state index is 0.524. The van der Waals surface area contributed by atoms with Crippen LogP contribution in [0.3, 0.4) is 0 Å². The van der Waals surface area contributed by atoms with Crippen LogP contribution >= 0.6 is 0 Å². The van der Waals surface area contributed by atoms with Crippen molar-refractivity contribution in [2.45, 2.75) is 91.5 Å². The number of rotatable bonds is 3. The van der Waals surface area contributed by atoms with Crippen molar-refractivity contribution in [3.8, 4) is 6.07 Å². The topological polar surface area (TPSA) is 41.6 Å². The second-order valence-electron chi connectivity index (χ2n) is 12.0. The van der Waals surface area contributed by atoms with E-state index in [2.05, 4.69) is 31.9 Å². The Bertz CT molecular complexity index is 790. The second-order valence-corrected chi connectivity index (χ2v) is 12.0. The zero-order valence-electron chi connectivity index (χ0n) is 19.4. The molecule has 9 atom stereocenters. The molecule has 4 saturated carbocycles. The van der Waals surface area contributed by atoms with Crippen molar-refractivity contribution >= 4 is 0 Å². The molecule has 0 N–H and O–H groups in total. The van der Waals surface area contributed by atoms with Crippen LogP contribution in [0, 0.1) is 64.1 Å². The van der Waals surface area contributed by atoms with Crippen LogP contribution in [-0.4, -0.2) is 9.78 Å². The highest BCUT2D eigenvalue weighted by Crippen LogP contribution is 2.65. The molecule has 4 aliphatic rings. The van der Waals surface area contributed by atoms with Gasteiger partial charge in [0, 0.05) is 12.7 Å². The molecule has 0 aliphatic heterocycles. The third kappa shape index (κ3) is 3.43. The van der Waals surface area contributed by atoms with E-state index in [0.29, 0.717) is 16.9 Å². The fraction of sp³-hybridized carbons (Fsp3) is 0.852. The molecular formula is C27H41N3. The molecule has 5 rings (SSSR count). The number of hydrogen-bond acceptors (Lipinski definition) is 2. The van der Waals surface area contributed by atoms with Gasteiger partial charge in [0.05, 0.1) is 11.8 Å². The zero-order valence-corrected chi connectivity index (χ0v) is 19.4. The second kappa shape index (κ2) is 7.99. The summed E-state index contributed by atoms with van der Waals surface area (Å²) in [4.78, 5) is 0. The lowest BCUT2D eigenvalue weighted by Crippen LogP contribution is -2.48. The Kier molecular flexibility index (Phi) is 5.49. The Balaban J connectivity index is 1.30. The molecule has 0 spiro atoms. The van der Waals surface area contributed by atoms with Crippen LogP contribution in [-0.2, 0) is 6.54 Å². The van der Waals surface area contributed by atoms with E-state index in [1.807, 2.05) is 10.9 Å². The number of aromatic nitrogens is 2. The van der Waals surface area contributed by atoms with Gasteiger partial charge >= 0.3 is 0 Å². The van der Waals surface area contributed by atoms with Gasteiger partial charge in [0.25, 0.3) is 0 Å². The Morgan fingerprint density at radius 2 is 2.00 bits per heavy atom. The highest BCUT2D eigenvalue weighted by atomic mass is 15.3. The fourth-order valence-corrected chi connectivity index (χ4v) is 9.23. The lowest BCUT2D eigenvalue weighted by atomic mass is 9.50. The van der Waals surface area contributed by atoms with E-state index in [-0.39, 0.29) is 0 Å². The van der Waals surface area contributed by atoms with Crippen molar-refractivity contribution in [1.82, 2.24) is 9.78 Å². The van der Waals surface area contributed by atoms with Gasteiger partial charge in [0.15, 0.2) is 0 Å². The van der Waals surface area contributed by atoms with Gasteiger partial charge in [-0.25, -0.2) is 0 Å². The molecule has 0 bridgehead atoms. The summed E-state index contributed by atoms with van der Waals surface area (Å²) in [7, 11) is 0. The maximum absolute atomic E-state index is 9.11. The summed E-state index contributed by atoms with van der Waals surface area (Å²) in [5.74, 6) is 7.49. The van der Waals surface area contributed by atoms with Gasteiger partial charge in [-0.3, -0.25) is 4.68 Å². The van der Waals surface area contributed by atoms with E-state index in [4.69, 9.17) is 5.26 Å². The SMILES string of the molecule is C[C@H]1CCC[C@H]2C(CC[C@@H]3C2CC[C@@]2(C)C3CC[C@@H]2[C@@H](C)Cn2cc(C#N)cn2)C1. The summed E-state index contributed by atoms with van der Waals surface area (Å²) >= 11 is 0. The summed E-state index contributed by atoms with van der Waals surface area (Å²) < 4.78 is 2.02. The molecule has 1 heterocycles. The number of fused-ring (bicyclic) bond motifs is 5. The number of nitriles is 1. The van der Waals surface area contributed by atoms with Crippen molar-refractivity contribution < 1.29 is 0 Å². The third-order valence-electron chi connectivity index (χ3n) is 10.5. The van der Waals surface area contributed by atoms with Crippen LogP contribution in [0.2, 0.25) is 0 Å². The van der Waals surface area contributed by atoms with Gasteiger partial charge in [-0.15, -0.1) is 0 Å². The highest BCUT2D eigenvalue weighted by Gasteiger charge is 2.57. The lowest BCUT2D eigenvalue weighted by molar-refractivity contribution is -0.0624. The van der Waals surface area contributed by atoms with Crippen molar-refractivity contribution in [1.29, 1.82) is 5.26 Å². The Morgan fingerprint density at radius 3 is 2.80 bits per heavy atom. The van der Waals surface area contributed by atoms with E-state index in [0.717, 1.165) is 48.0 Å². The molecule has 164 valence electrons. The van der Waals surface area contributed by atoms with Crippen molar-refractivity contribution in [3.63, 3.8) is 0 Å². The average Bonchev–Trinajstić information content (AvgIpc) is 3.26. The van der Waals surface area contributed by atoms with Crippen LogP contribution in [0.1, 0.15) is 90.5 Å². The minimum Gasteiger partial charge on any atom is -0.271 e.